The van der Waals surface area contributed by atoms with Crippen LogP contribution < -0.4 is 10.2 Å². The van der Waals surface area contributed by atoms with Crippen LogP contribution in [0, 0.1) is 25.6 Å². The lowest BCUT2D eigenvalue weighted by atomic mass is 9.99. The molecule has 0 atom stereocenters. The lowest BCUT2D eigenvalue weighted by molar-refractivity contribution is -0.120. The molecule has 2 aromatic carbocycles. The first-order valence-electron chi connectivity index (χ1n) is 8.20. The molecule has 0 unspecified atom stereocenters. The largest absolute Gasteiger partial charge is 0.346 e. The summed E-state index contributed by atoms with van der Waals surface area (Å²) in [5.74, 6) is -0.348. The Morgan fingerprint density at radius 3 is 2.76 bits per heavy atom. The third-order valence-corrected chi connectivity index (χ3v) is 5.83. The van der Waals surface area contributed by atoms with Crippen molar-refractivity contribution in [2.75, 3.05) is 23.3 Å². The number of hydrogen-bond acceptors (Lipinski definition) is 4. The smallest absolute Gasteiger partial charge is 0.231 e. The highest BCUT2D eigenvalue weighted by Crippen LogP contribution is 2.34. The van der Waals surface area contributed by atoms with Gasteiger partial charge in [0.15, 0.2) is 5.13 Å². The van der Waals surface area contributed by atoms with Crippen molar-refractivity contribution in [1.29, 1.82) is 0 Å². The molecule has 4 nitrogen and oxygen atoms in total. The second-order valence-electron chi connectivity index (χ2n) is 6.42. The van der Waals surface area contributed by atoms with E-state index in [1.807, 2.05) is 43.0 Å². The number of thiazole rings is 1. The molecule has 4 rings (SSSR count). The normalized spacial score (nSPS) is 14.6. The van der Waals surface area contributed by atoms with E-state index in [0.29, 0.717) is 18.6 Å². The Labute approximate surface area is 149 Å². The number of fused-ring (bicyclic) bond motifs is 1. The number of hydrogen-bond donors (Lipinski definition) is 1. The van der Waals surface area contributed by atoms with E-state index in [1.54, 1.807) is 6.07 Å². The number of anilines is 2. The summed E-state index contributed by atoms with van der Waals surface area (Å²) < 4.78 is 14.6. The molecule has 1 saturated heterocycles. The van der Waals surface area contributed by atoms with Crippen molar-refractivity contribution in [1.82, 2.24) is 4.98 Å². The van der Waals surface area contributed by atoms with E-state index in [0.717, 1.165) is 26.6 Å². The molecule has 6 heteroatoms. The number of carbonyl (C=O) groups excluding carboxylic acids is 1. The minimum Gasteiger partial charge on any atom is -0.346 e. The standard InChI is InChI=1S/C19H18FN3OS/c1-11-5-3-7-15(12(11)2)21-18(24)13-9-23(10-13)19-22-17-14(20)6-4-8-16(17)25-19/h3-8,13H,9-10H2,1-2H3,(H,21,24). The van der Waals surface area contributed by atoms with E-state index in [2.05, 4.69) is 10.3 Å². The number of nitrogens with zero attached hydrogens (tertiary/aromatic N) is 2. The fourth-order valence-corrected chi connectivity index (χ4v) is 3.96. The predicted octanol–water partition coefficient (Wildman–Crippen LogP) is 4.13. The highest BCUT2D eigenvalue weighted by atomic mass is 32.1. The van der Waals surface area contributed by atoms with Crippen LogP contribution in [0.3, 0.4) is 0 Å². The summed E-state index contributed by atoms with van der Waals surface area (Å²) in [5, 5.41) is 3.79. The molecule has 0 radical (unpaired) electrons. The Morgan fingerprint density at radius 1 is 1.24 bits per heavy atom. The average Bonchev–Trinajstić information content (AvgIpc) is 2.95. The van der Waals surface area contributed by atoms with Crippen LogP contribution in [0.25, 0.3) is 10.2 Å². The summed E-state index contributed by atoms with van der Waals surface area (Å²) >= 11 is 1.46. The van der Waals surface area contributed by atoms with Gasteiger partial charge in [-0.15, -0.1) is 0 Å². The number of aryl methyl sites for hydroxylation is 1. The summed E-state index contributed by atoms with van der Waals surface area (Å²) in [6.45, 7) is 5.26. The molecule has 0 aliphatic carbocycles. The van der Waals surface area contributed by atoms with Gasteiger partial charge >= 0.3 is 0 Å². The molecular weight excluding hydrogens is 337 g/mol. The van der Waals surface area contributed by atoms with Gasteiger partial charge in [-0.3, -0.25) is 4.79 Å². The van der Waals surface area contributed by atoms with E-state index in [1.165, 1.54) is 17.4 Å². The van der Waals surface area contributed by atoms with Crippen molar-refractivity contribution in [3.8, 4) is 0 Å². The van der Waals surface area contributed by atoms with Crippen molar-refractivity contribution in [3.05, 3.63) is 53.3 Å². The summed E-state index contributed by atoms with van der Waals surface area (Å²) in [7, 11) is 0. The maximum atomic E-state index is 13.8. The van der Waals surface area contributed by atoms with Gasteiger partial charge in [0.05, 0.1) is 10.6 Å². The van der Waals surface area contributed by atoms with E-state index in [4.69, 9.17) is 0 Å². The van der Waals surface area contributed by atoms with Gasteiger partial charge in [-0.05, 0) is 43.2 Å². The Morgan fingerprint density at radius 2 is 2.00 bits per heavy atom. The minimum absolute atomic E-state index is 0.0252. The molecule has 1 aromatic heterocycles. The van der Waals surface area contributed by atoms with Gasteiger partial charge in [-0.2, -0.15) is 0 Å². The Kier molecular flexibility index (Phi) is 3.92. The topological polar surface area (TPSA) is 45.2 Å². The number of nitrogens with one attached hydrogen (secondary N) is 1. The third kappa shape index (κ3) is 2.87. The lowest BCUT2D eigenvalue weighted by Crippen LogP contribution is -2.52. The molecule has 0 saturated carbocycles. The number of para-hydroxylation sites is 1. The fraction of sp³-hybridized carbons (Fsp3) is 0.263. The zero-order valence-electron chi connectivity index (χ0n) is 14.0. The number of carbonyl (C=O) groups is 1. The van der Waals surface area contributed by atoms with E-state index >= 15 is 0 Å². The van der Waals surface area contributed by atoms with Crippen LogP contribution in [0.15, 0.2) is 36.4 Å². The number of benzene rings is 2. The van der Waals surface area contributed by atoms with Crippen LogP contribution in [0.1, 0.15) is 11.1 Å². The summed E-state index contributed by atoms with van der Waals surface area (Å²) in [6, 6.07) is 10.9. The molecule has 0 bridgehead atoms. The second kappa shape index (κ2) is 6.11. The minimum atomic E-state index is -0.301. The highest BCUT2D eigenvalue weighted by Gasteiger charge is 2.34. The summed E-state index contributed by atoms with van der Waals surface area (Å²) in [5.41, 5.74) is 3.52. The van der Waals surface area contributed by atoms with Crippen molar-refractivity contribution >= 4 is 38.3 Å². The van der Waals surface area contributed by atoms with E-state index in [-0.39, 0.29) is 17.6 Å². The Hall–Kier alpha value is -2.47. The Balaban J connectivity index is 1.43. The fourth-order valence-electron chi connectivity index (χ4n) is 2.96. The van der Waals surface area contributed by atoms with Gasteiger partial charge < -0.3 is 10.2 Å². The highest BCUT2D eigenvalue weighted by molar-refractivity contribution is 7.22. The van der Waals surface area contributed by atoms with Crippen LogP contribution >= 0.6 is 11.3 Å². The van der Waals surface area contributed by atoms with E-state index in [9.17, 15) is 9.18 Å². The molecular formula is C19H18FN3OS. The van der Waals surface area contributed by atoms with Crippen molar-refractivity contribution in [3.63, 3.8) is 0 Å². The van der Waals surface area contributed by atoms with Crippen LogP contribution in [0.2, 0.25) is 0 Å². The molecule has 128 valence electrons. The zero-order chi connectivity index (χ0) is 17.6. The molecule has 0 spiro atoms. The van der Waals surface area contributed by atoms with Crippen LogP contribution in [-0.4, -0.2) is 24.0 Å². The lowest BCUT2D eigenvalue weighted by Gasteiger charge is -2.38. The third-order valence-electron chi connectivity index (χ3n) is 4.74. The van der Waals surface area contributed by atoms with E-state index < -0.39 is 0 Å². The number of aromatic nitrogens is 1. The molecule has 1 amide bonds. The first-order valence-corrected chi connectivity index (χ1v) is 9.01. The van der Waals surface area contributed by atoms with Gasteiger partial charge in [0.1, 0.15) is 11.3 Å². The summed E-state index contributed by atoms with van der Waals surface area (Å²) in [4.78, 5) is 18.8. The SMILES string of the molecule is Cc1cccc(NC(=O)C2CN(c3nc4c(F)cccc4s3)C2)c1C. The first kappa shape index (κ1) is 16.0. The first-order chi connectivity index (χ1) is 12.0. The van der Waals surface area contributed by atoms with Crippen LogP contribution in [0.5, 0.6) is 0 Å². The molecule has 1 aliphatic rings. The predicted molar refractivity (Wildman–Crippen MR) is 99.8 cm³/mol. The Bertz CT molecular complexity index is 962. The van der Waals surface area contributed by atoms with Gasteiger partial charge in [-0.25, -0.2) is 9.37 Å². The van der Waals surface area contributed by atoms with Gasteiger partial charge in [-0.1, -0.05) is 29.5 Å². The van der Waals surface area contributed by atoms with Gasteiger partial charge in [0.2, 0.25) is 5.91 Å². The molecule has 1 fully saturated rings. The maximum Gasteiger partial charge on any atom is 0.231 e. The monoisotopic (exact) mass is 355 g/mol. The molecule has 1 N–H and O–H groups in total. The second-order valence-corrected chi connectivity index (χ2v) is 7.43. The molecule has 1 aliphatic heterocycles. The average molecular weight is 355 g/mol. The van der Waals surface area contributed by atoms with Crippen LogP contribution in [-0.2, 0) is 4.79 Å². The van der Waals surface area contributed by atoms with Crippen molar-refractivity contribution in [2.45, 2.75) is 13.8 Å². The summed E-state index contributed by atoms with van der Waals surface area (Å²) in [6.07, 6.45) is 0. The van der Waals surface area contributed by atoms with Crippen LogP contribution in [0.4, 0.5) is 15.2 Å². The van der Waals surface area contributed by atoms with Gasteiger partial charge in [0.25, 0.3) is 0 Å². The molecule has 2 heterocycles. The van der Waals surface area contributed by atoms with Gasteiger partial charge in [0, 0.05) is 18.8 Å². The number of rotatable bonds is 3. The number of halogens is 1. The van der Waals surface area contributed by atoms with Crippen molar-refractivity contribution in [2.24, 2.45) is 5.92 Å². The maximum absolute atomic E-state index is 13.8. The molecule has 3 aromatic rings. The quantitative estimate of drug-likeness (QED) is 0.768. The number of amides is 1. The molecule has 25 heavy (non-hydrogen) atoms. The zero-order valence-corrected chi connectivity index (χ0v) is 14.9. The van der Waals surface area contributed by atoms with Crippen molar-refractivity contribution < 1.29 is 9.18 Å².